The highest BCUT2D eigenvalue weighted by atomic mass is 16.7. The van der Waals surface area contributed by atoms with Crippen LogP contribution < -0.4 is 0 Å². The molecule has 0 aliphatic carbocycles. The molecule has 1 aliphatic heterocycles. The number of benzene rings is 2. The fraction of sp³-hybridized carbons (Fsp3) is 0.417. The zero-order valence-corrected chi connectivity index (χ0v) is 17.2. The topological polar surface area (TPSA) is 18.5 Å². The van der Waals surface area contributed by atoms with Gasteiger partial charge in [0.05, 0.1) is 11.2 Å². The van der Waals surface area contributed by atoms with E-state index in [1.54, 1.807) is 0 Å². The molecule has 0 spiro atoms. The molecule has 2 nitrogen and oxygen atoms in total. The minimum absolute atomic E-state index is 0.225. The van der Waals surface area contributed by atoms with Crippen molar-refractivity contribution in [3.63, 3.8) is 0 Å². The standard InChI is InChI=1S/C24H31BO2/c1-6-24(21-17-11-8-12-18-21,19-13-16-20-14-9-7-10-15-20)25-26-22(2,3)23(4,5)27-25/h7-18H,6,19H2,1-5H3/b16-13-/t24-/m1/s1. The molecule has 1 aliphatic rings. The van der Waals surface area contributed by atoms with Crippen molar-refractivity contribution < 1.29 is 9.31 Å². The van der Waals surface area contributed by atoms with Crippen LogP contribution in [-0.4, -0.2) is 18.3 Å². The summed E-state index contributed by atoms with van der Waals surface area (Å²) in [6.07, 6.45) is 6.25. The average molecular weight is 362 g/mol. The Morgan fingerprint density at radius 3 is 1.89 bits per heavy atom. The van der Waals surface area contributed by atoms with Gasteiger partial charge in [-0.15, -0.1) is 0 Å². The van der Waals surface area contributed by atoms with E-state index >= 15 is 0 Å². The third kappa shape index (κ3) is 3.90. The van der Waals surface area contributed by atoms with E-state index in [9.17, 15) is 0 Å². The first-order valence-electron chi connectivity index (χ1n) is 9.93. The van der Waals surface area contributed by atoms with E-state index in [-0.39, 0.29) is 23.6 Å². The highest BCUT2D eigenvalue weighted by Crippen LogP contribution is 2.46. The maximum Gasteiger partial charge on any atom is 0.469 e. The molecule has 3 heteroatoms. The molecule has 1 saturated heterocycles. The summed E-state index contributed by atoms with van der Waals surface area (Å²) in [5.74, 6) is 0. The molecule has 0 saturated carbocycles. The molecule has 0 amide bonds. The van der Waals surface area contributed by atoms with Crippen molar-refractivity contribution in [3.05, 3.63) is 77.9 Å². The van der Waals surface area contributed by atoms with E-state index in [1.807, 2.05) is 6.07 Å². The highest BCUT2D eigenvalue weighted by molar-refractivity contribution is 6.50. The van der Waals surface area contributed by atoms with E-state index in [2.05, 4.69) is 101 Å². The van der Waals surface area contributed by atoms with Crippen LogP contribution in [-0.2, 0) is 14.6 Å². The molecule has 0 radical (unpaired) electrons. The second-order valence-electron chi connectivity index (χ2n) is 8.48. The van der Waals surface area contributed by atoms with Crippen LogP contribution in [0.25, 0.3) is 6.08 Å². The lowest BCUT2D eigenvalue weighted by Crippen LogP contribution is -2.45. The van der Waals surface area contributed by atoms with Crippen LogP contribution >= 0.6 is 0 Å². The molecule has 1 fully saturated rings. The van der Waals surface area contributed by atoms with Crippen molar-refractivity contribution in [2.45, 2.75) is 64.0 Å². The van der Waals surface area contributed by atoms with Crippen molar-refractivity contribution in [2.75, 3.05) is 0 Å². The van der Waals surface area contributed by atoms with Crippen LogP contribution in [0.5, 0.6) is 0 Å². The maximum absolute atomic E-state index is 6.52. The van der Waals surface area contributed by atoms with Crippen molar-refractivity contribution in [3.8, 4) is 0 Å². The van der Waals surface area contributed by atoms with Gasteiger partial charge in [0.25, 0.3) is 0 Å². The Bertz CT molecular complexity index is 751. The van der Waals surface area contributed by atoms with E-state index < -0.39 is 0 Å². The predicted molar refractivity (Wildman–Crippen MR) is 115 cm³/mol. The largest absolute Gasteiger partial charge is 0.469 e. The Hall–Kier alpha value is -1.84. The second kappa shape index (κ2) is 7.65. The summed E-state index contributed by atoms with van der Waals surface area (Å²) >= 11 is 0. The summed E-state index contributed by atoms with van der Waals surface area (Å²) in [6.45, 7) is 10.7. The summed E-state index contributed by atoms with van der Waals surface area (Å²) in [4.78, 5) is 0. The molecular weight excluding hydrogens is 331 g/mol. The van der Waals surface area contributed by atoms with Crippen molar-refractivity contribution in [2.24, 2.45) is 0 Å². The molecule has 0 unspecified atom stereocenters. The van der Waals surface area contributed by atoms with E-state index in [1.165, 1.54) is 11.1 Å². The zero-order chi connectivity index (χ0) is 19.5. The van der Waals surface area contributed by atoms with Crippen LogP contribution in [0.3, 0.4) is 0 Å². The van der Waals surface area contributed by atoms with Gasteiger partial charge in [0, 0.05) is 5.31 Å². The summed E-state index contributed by atoms with van der Waals surface area (Å²) in [5, 5.41) is -0.225. The first-order chi connectivity index (χ1) is 12.8. The molecule has 142 valence electrons. The molecule has 1 heterocycles. The zero-order valence-electron chi connectivity index (χ0n) is 17.2. The Kier molecular flexibility index (Phi) is 5.64. The average Bonchev–Trinajstić information content (AvgIpc) is 2.88. The normalized spacial score (nSPS) is 20.7. The van der Waals surface area contributed by atoms with Crippen LogP contribution in [0, 0.1) is 0 Å². The van der Waals surface area contributed by atoms with E-state index in [0.717, 1.165) is 12.8 Å². The molecule has 1 atom stereocenters. The van der Waals surface area contributed by atoms with Crippen molar-refractivity contribution >= 4 is 13.2 Å². The molecule has 0 bridgehead atoms. The van der Waals surface area contributed by atoms with E-state index in [4.69, 9.17) is 9.31 Å². The fourth-order valence-corrected chi connectivity index (χ4v) is 3.67. The van der Waals surface area contributed by atoms with E-state index in [0.29, 0.717) is 0 Å². The van der Waals surface area contributed by atoms with Gasteiger partial charge in [0.1, 0.15) is 0 Å². The van der Waals surface area contributed by atoms with Gasteiger partial charge in [0.2, 0.25) is 0 Å². The lowest BCUT2D eigenvalue weighted by atomic mass is 9.51. The molecule has 3 rings (SSSR count). The first-order valence-corrected chi connectivity index (χ1v) is 9.93. The highest BCUT2D eigenvalue weighted by Gasteiger charge is 2.59. The Labute approximate surface area is 164 Å². The van der Waals surface area contributed by atoms with Gasteiger partial charge in [-0.25, -0.2) is 0 Å². The van der Waals surface area contributed by atoms with Gasteiger partial charge in [-0.2, -0.15) is 0 Å². The van der Waals surface area contributed by atoms with Gasteiger partial charge in [-0.3, -0.25) is 0 Å². The number of allylic oxidation sites excluding steroid dienone is 1. The summed E-state index contributed by atoms with van der Waals surface area (Å²) in [5.41, 5.74) is 1.81. The quantitative estimate of drug-likeness (QED) is 0.581. The van der Waals surface area contributed by atoms with Crippen LogP contribution in [0.15, 0.2) is 66.7 Å². The SMILES string of the molecule is CC[C@](C/C=C\c1ccccc1)(B1OC(C)(C)C(C)(C)O1)c1ccccc1. The van der Waals surface area contributed by atoms with Gasteiger partial charge < -0.3 is 9.31 Å². The lowest BCUT2D eigenvalue weighted by molar-refractivity contribution is 0.00578. The smallest absolute Gasteiger partial charge is 0.403 e. The number of rotatable bonds is 6. The second-order valence-corrected chi connectivity index (χ2v) is 8.48. The number of hydrogen-bond donors (Lipinski definition) is 0. The number of hydrogen-bond acceptors (Lipinski definition) is 2. The minimum Gasteiger partial charge on any atom is -0.403 e. The Balaban J connectivity index is 1.96. The monoisotopic (exact) mass is 362 g/mol. The molecular formula is C24H31BO2. The first kappa shape index (κ1) is 19.9. The van der Waals surface area contributed by atoms with Crippen molar-refractivity contribution in [1.82, 2.24) is 0 Å². The van der Waals surface area contributed by atoms with Gasteiger partial charge in [0.15, 0.2) is 0 Å². The third-order valence-electron chi connectivity index (χ3n) is 6.28. The molecule has 0 aromatic heterocycles. The Morgan fingerprint density at radius 2 is 1.37 bits per heavy atom. The molecule has 2 aromatic carbocycles. The predicted octanol–water partition coefficient (Wildman–Crippen LogP) is 6.07. The van der Waals surface area contributed by atoms with Gasteiger partial charge in [-0.05, 0) is 51.7 Å². The molecule has 27 heavy (non-hydrogen) atoms. The van der Waals surface area contributed by atoms with Crippen molar-refractivity contribution in [1.29, 1.82) is 0 Å². The lowest BCUT2D eigenvalue weighted by Gasteiger charge is -2.34. The summed E-state index contributed by atoms with van der Waals surface area (Å²) < 4.78 is 13.0. The Morgan fingerprint density at radius 1 is 0.852 bits per heavy atom. The van der Waals surface area contributed by atoms with Gasteiger partial charge in [-0.1, -0.05) is 79.7 Å². The summed E-state index contributed by atoms with van der Waals surface area (Å²) in [7, 11) is -0.282. The fourth-order valence-electron chi connectivity index (χ4n) is 3.67. The van der Waals surface area contributed by atoms with Crippen LogP contribution in [0.4, 0.5) is 0 Å². The van der Waals surface area contributed by atoms with Crippen LogP contribution in [0.2, 0.25) is 0 Å². The molecule has 0 N–H and O–H groups in total. The molecule has 2 aromatic rings. The third-order valence-corrected chi connectivity index (χ3v) is 6.28. The van der Waals surface area contributed by atoms with Crippen LogP contribution in [0.1, 0.15) is 58.6 Å². The minimum atomic E-state index is -0.337. The summed E-state index contributed by atoms with van der Waals surface area (Å²) in [6, 6.07) is 21.1. The maximum atomic E-state index is 6.52. The van der Waals surface area contributed by atoms with Gasteiger partial charge >= 0.3 is 7.12 Å².